The summed E-state index contributed by atoms with van der Waals surface area (Å²) in [4.78, 5) is 16.4. The van der Waals surface area contributed by atoms with Gasteiger partial charge in [0.15, 0.2) is 5.82 Å². The van der Waals surface area contributed by atoms with Crippen LogP contribution in [0.4, 0.5) is 10.5 Å². The predicted molar refractivity (Wildman–Crippen MR) is 105 cm³/mol. The first-order valence-electron chi connectivity index (χ1n) is 8.87. The Bertz CT molecular complexity index is 923. The molecule has 2 heterocycles. The van der Waals surface area contributed by atoms with Crippen molar-refractivity contribution in [3.63, 3.8) is 0 Å². The summed E-state index contributed by atoms with van der Waals surface area (Å²) in [7, 11) is 0. The van der Waals surface area contributed by atoms with Crippen LogP contribution in [0.2, 0.25) is 0 Å². The van der Waals surface area contributed by atoms with Gasteiger partial charge < -0.3 is 15.2 Å². The molecule has 0 atom stereocenters. The molecule has 0 aliphatic carbocycles. The monoisotopic (exact) mass is 402 g/mol. The average Bonchev–Trinajstić information content (AvgIpc) is 3.34. The molecule has 0 unspecified atom stereocenters. The van der Waals surface area contributed by atoms with Crippen molar-refractivity contribution in [3.05, 3.63) is 36.0 Å². The van der Waals surface area contributed by atoms with Crippen LogP contribution in [-0.2, 0) is 6.42 Å². The van der Waals surface area contributed by atoms with E-state index in [0.29, 0.717) is 41.9 Å². The van der Waals surface area contributed by atoms with Crippen LogP contribution in [0.3, 0.4) is 0 Å². The van der Waals surface area contributed by atoms with Crippen molar-refractivity contribution >= 4 is 23.5 Å². The summed E-state index contributed by atoms with van der Waals surface area (Å²) in [6.07, 6.45) is 3.22. The van der Waals surface area contributed by atoms with E-state index < -0.39 is 0 Å². The quantitative estimate of drug-likeness (QED) is 0.435. The van der Waals surface area contributed by atoms with Gasteiger partial charge in [-0.25, -0.2) is 4.79 Å². The second-order valence-corrected chi connectivity index (χ2v) is 7.09. The maximum atomic E-state index is 12.1. The van der Waals surface area contributed by atoms with Crippen LogP contribution in [0.5, 0.6) is 0 Å². The van der Waals surface area contributed by atoms with Gasteiger partial charge in [0.05, 0.1) is 5.69 Å². The van der Waals surface area contributed by atoms with Gasteiger partial charge in [0.25, 0.3) is 0 Å². The normalized spacial score (nSPS) is 11.0. The van der Waals surface area contributed by atoms with Gasteiger partial charge in [0.2, 0.25) is 11.0 Å². The Labute approximate surface area is 166 Å². The van der Waals surface area contributed by atoms with Crippen LogP contribution in [0, 0.1) is 0 Å². The summed E-state index contributed by atoms with van der Waals surface area (Å²) >= 11 is 1.44. The molecule has 0 saturated carbocycles. The van der Waals surface area contributed by atoms with E-state index >= 15 is 0 Å². The summed E-state index contributed by atoms with van der Waals surface area (Å²) < 4.78 is 6.80. The molecule has 0 saturated heterocycles. The fraction of sp³-hybridized carbons (Fsp3) is 0.412. The SMILES string of the molecule is CSc1nnnn1-c1cccc(NC(=O)NCCCc2nc(C(C)C)no2)c1. The Hall–Kier alpha value is -2.95. The molecule has 0 aliphatic heterocycles. The third-order valence-corrected chi connectivity index (χ3v) is 4.44. The second kappa shape index (κ2) is 9.31. The maximum absolute atomic E-state index is 12.1. The number of carbonyl (C=O) groups is 1. The highest BCUT2D eigenvalue weighted by Gasteiger charge is 2.10. The zero-order chi connectivity index (χ0) is 19.9. The fourth-order valence-corrected chi connectivity index (χ4v) is 2.84. The van der Waals surface area contributed by atoms with Crippen molar-refractivity contribution in [2.75, 3.05) is 18.1 Å². The van der Waals surface area contributed by atoms with Crippen molar-refractivity contribution in [1.82, 2.24) is 35.7 Å². The number of aromatic nitrogens is 6. The first kappa shape index (κ1) is 19.8. The molecule has 0 spiro atoms. The molecule has 3 rings (SSSR count). The molecule has 11 heteroatoms. The highest BCUT2D eigenvalue weighted by Crippen LogP contribution is 2.18. The van der Waals surface area contributed by atoms with Crippen LogP contribution in [-0.4, -0.2) is 49.2 Å². The lowest BCUT2D eigenvalue weighted by atomic mass is 10.2. The van der Waals surface area contributed by atoms with Crippen molar-refractivity contribution in [1.29, 1.82) is 0 Å². The Kier molecular flexibility index (Phi) is 6.58. The standard InChI is InChI=1S/C17H22N8O2S/c1-11(2)15-20-14(27-22-15)8-5-9-18-16(26)19-12-6-4-7-13(10-12)25-17(28-3)21-23-24-25/h4,6-7,10-11H,5,8-9H2,1-3H3,(H2,18,19,26). The smallest absolute Gasteiger partial charge is 0.319 e. The first-order chi connectivity index (χ1) is 13.6. The largest absolute Gasteiger partial charge is 0.339 e. The van der Waals surface area contributed by atoms with Crippen molar-refractivity contribution < 1.29 is 9.32 Å². The van der Waals surface area contributed by atoms with E-state index in [1.807, 2.05) is 38.3 Å². The van der Waals surface area contributed by atoms with E-state index in [1.54, 1.807) is 10.7 Å². The molecule has 1 aromatic carbocycles. The molecule has 10 nitrogen and oxygen atoms in total. The molecule has 2 N–H and O–H groups in total. The van der Waals surface area contributed by atoms with E-state index in [1.165, 1.54) is 11.8 Å². The van der Waals surface area contributed by atoms with Gasteiger partial charge in [0, 0.05) is 24.6 Å². The van der Waals surface area contributed by atoms with E-state index in [0.717, 1.165) is 5.69 Å². The fourth-order valence-electron chi connectivity index (χ4n) is 2.40. The van der Waals surface area contributed by atoms with Crippen molar-refractivity contribution in [2.24, 2.45) is 0 Å². The van der Waals surface area contributed by atoms with Gasteiger partial charge in [-0.1, -0.05) is 36.8 Å². The molecule has 28 heavy (non-hydrogen) atoms. The van der Waals surface area contributed by atoms with E-state index in [2.05, 4.69) is 36.3 Å². The van der Waals surface area contributed by atoms with Crippen molar-refractivity contribution in [2.45, 2.75) is 37.8 Å². The second-order valence-electron chi connectivity index (χ2n) is 6.31. The Morgan fingerprint density at radius 1 is 1.36 bits per heavy atom. The van der Waals surface area contributed by atoms with Crippen LogP contribution >= 0.6 is 11.8 Å². The molecule has 0 radical (unpaired) electrons. The topological polar surface area (TPSA) is 124 Å². The minimum atomic E-state index is -0.285. The van der Waals surface area contributed by atoms with E-state index in [-0.39, 0.29) is 11.9 Å². The van der Waals surface area contributed by atoms with Crippen LogP contribution in [0.15, 0.2) is 33.9 Å². The summed E-state index contributed by atoms with van der Waals surface area (Å²) in [5.41, 5.74) is 1.42. The summed E-state index contributed by atoms with van der Waals surface area (Å²) in [6.45, 7) is 4.52. The summed E-state index contributed by atoms with van der Waals surface area (Å²) in [5.74, 6) is 1.52. The number of benzene rings is 1. The number of thioether (sulfide) groups is 1. The lowest BCUT2D eigenvalue weighted by Crippen LogP contribution is -2.29. The maximum Gasteiger partial charge on any atom is 0.319 e. The average molecular weight is 402 g/mol. The molecule has 2 amide bonds. The molecule has 148 valence electrons. The van der Waals surface area contributed by atoms with Gasteiger partial charge in [-0.05, 0) is 41.3 Å². The predicted octanol–water partition coefficient (Wildman–Crippen LogP) is 2.64. The van der Waals surface area contributed by atoms with E-state index in [9.17, 15) is 4.79 Å². The third-order valence-electron chi connectivity index (χ3n) is 3.83. The van der Waals surface area contributed by atoms with Crippen LogP contribution < -0.4 is 10.6 Å². The number of hydrogen-bond donors (Lipinski definition) is 2. The molecule has 0 fully saturated rings. The van der Waals surface area contributed by atoms with Gasteiger partial charge in [0.1, 0.15) is 0 Å². The number of anilines is 1. The Morgan fingerprint density at radius 2 is 2.21 bits per heavy atom. The number of tetrazole rings is 1. The lowest BCUT2D eigenvalue weighted by Gasteiger charge is -2.09. The van der Waals surface area contributed by atoms with Crippen LogP contribution in [0.25, 0.3) is 5.69 Å². The van der Waals surface area contributed by atoms with Gasteiger partial charge in [-0.2, -0.15) is 9.67 Å². The number of rotatable bonds is 8. The van der Waals surface area contributed by atoms with Gasteiger partial charge >= 0.3 is 6.03 Å². The highest BCUT2D eigenvalue weighted by molar-refractivity contribution is 7.98. The molecule has 0 aliphatic rings. The Balaban J connectivity index is 1.47. The molecular formula is C17H22N8O2S. The van der Waals surface area contributed by atoms with Gasteiger partial charge in [-0.15, -0.1) is 5.10 Å². The van der Waals surface area contributed by atoms with E-state index in [4.69, 9.17) is 4.52 Å². The minimum Gasteiger partial charge on any atom is -0.339 e. The number of aryl methyl sites for hydroxylation is 1. The van der Waals surface area contributed by atoms with Crippen LogP contribution in [0.1, 0.15) is 37.9 Å². The molecule has 2 aromatic heterocycles. The zero-order valence-corrected chi connectivity index (χ0v) is 16.7. The Morgan fingerprint density at radius 3 is 2.96 bits per heavy atom. The minimum absolute atomic E-state index is 0.234. The number of carbonyl (C=O) groups excluding carboxylic acids is 1. The lowest BCUT2D eigenvalue weighted by molar-refractivity contribution is 0.252. The zero-order valence-electron chi connectivity index (χ0n) is 15.9. The van der Waals surface area contributed by atoms with Crippen molar-refractivity contribution in [3.8, 4) is 5.69 Å². The highest BCUT2D eigenvalue weighted by atomic mass is 32.2. The first-order valence-corrected chi connectivity index (χ1v) is 10.1. The molecule has 0 bridgehead atoms. The third kappa shape index (κ3) is 5.06. The summed E-state index contributed by atoms with van der Waals surface area (Å²) in [6, 6.07) is 7.03. The number of nitrogens with one attached hydrogen (secondary N) is 2. The van der Waals surface area contributed by atoms with Gasteiger partial charge in [-0.3, -0.25) is 0 Å². The number of amides is 2. The number of nitrogens with zero attached hydrogens (tertiary/aromatic N) is 6. The summed E-state index contributed by atoms with van der Waals surface area (Å²) in [5, 5.41) is 21.8. The molecule has 3 aromatic rings. The number of hydrogen-bond acceptors (Lipinski definition) is 8. The molecular weight excluding hydrogens is 380 g/mol. The number of urea groups is 1.